The molecule has 0 bridgehead atoms. The molecule has 0 spiro atoms. The summed E-state index contributed by atoms with van der Waals surface area (Å²) in [5.74, 6) is -2.21. The summed E-state index contributed by atoms with van der Waals surface area (Å²) in [7, 11) is -2.23. The number of aliphatic hydroxyl groups is 1. The Hall–Kier alpha value is -3.38. The van der Waals surface area contributed by atoms with Gasteiger partial charge in [-0.2, -0.15) is 30.7 Å². The minimum atomic E-state index is -4.96. The third-order valence-corrected chi connectivity index (χ3v) is 15.0. The van der Waals surface area contributed by atoms with Gasteiger partial charge < -0.3 is 23.4 Å². The van der Waals surface area contributed by atoms with Gasteiger partial charge >= 0.3 is 18.4 Å². The number of carbonyl (C=O) groups is 1. The van der Waals surface area contributed by atoms with Gasteiger partial charge in [-0.15, -0.1) is 5.10 Å². The van der Waals surface area contributed by atoms with E-state index in [0.717, 1.165) is 10.7 Å². The van der Waals surface area contributed by atoms with Gasteiger partial charge in [0.05, 0.1) is 34.2 Å². The van der Waals surface area contributed by atoms with Gasteiger partial charge in [0.1, 0.15) is 29.8 Å². The number of aromatic nitrogens is 3. The van der Waals surface area contributed by atoms with Crippen molar-refractivity contribution in [3.05, 3.63) is 41.5 Å². The Labute approximate surface area is 304 Å². The molecule has 2 fully saturated rings. The van der Waals surface area contributed by atoms with Crippen LogP contribution in [0.5, 0.6) is 5.75 Å². The van der Waals surface area contributed by atoms with E-state index in [1.165, 1.54) is 11.8 Å². The number of oxazole rings is 1. The largest absolute Gasteiger partial charge is 0.491 e. The van der Waals surface area contributed by atoms with E-state index in [4.69, 9.17) is 18.3 Å². The molecule has 5 rings (SSSR count). The van der Waals surface area contributed by atoms with E-state index in [2.05, 4.69) is 43.9 Å². The molecule has 1 saturated carbocycles. The number of alkyl halides is 6. The van der Waals surface area contributed by atoms with E-state index in [1.807, 2.05) is 6.92 Å². The number of hydrogen-bond acceptors (Lipinski definition) is 8. The molecule has 0 unspecified atom stereocenters. The first kappa shape index (κ1) is 40.8. The van der Waals surface area contributed by atoms with Gasteiger partial charge in [-0.25, -0.2) is 9.78 Å². The number of amides is 1. The van der Waals surface area contributed by atoms with Crippen molar-refractivity contribution in [1.82, 2.24) is 19.7 Å². The number of halogens is 7. The summed E-state index contributed by atoms with van der Waals surface area (Å²) in [4.78, 5) is 18.0. The lowest BCUT2D eigenvalue weighted by atomic mass is 9.77. The van der Waals surface area contributed by atoms with Gasteiger partial charge in [-0.1, -0.05) is 20.8 Å². The van der Waals surface area contributed by atoms with Gasteiger partial charge in [0.25, 0.3) is 0 Å². The molecule has 1 aliphatic carbocycles. The molecular weight excluding hydrogens is 733 g/mol. The fourth-order valence-electron chi connectivity index (χ4n) is 7.02. The third kappa shape index (κ3) is 8.33. The highest BCUT2D eigenvalue weighted by Crippen LogP contribution is 2.51. The van der Waals surface area contributed by atoms with Gasteiger partial charge in [0.15, 0.2) is 14.0 Å². The summed E-state index contributed by atoms with van der Waals surface area (Å²) < 4.78 is 124. The number of ether oxygens (including phenoxy) is 2. The summed E-state index contributed by atoms with van der Waals surface area (Å²) in [6.07, 6.45) is -10.5. The highest BCUT2D eigenvalue weighted by Gasteiger charge is 2.52. The zero-order chi connectivity index (χ0) is 39.9. The monoisotopic (exact) mass is 780 g/mol. The second-order valence-electron chi connectivity index (χ2n) is 17.2. The average Bonchev–Trinajstić information content (AvgIpc) is 3.58. The topological polar surface area (TPSA) is 112 Å². The molecule has 3 heterocycles. The predicted molar refractivity (Wildman–Crippen MR) is 181 cm³/mol. The van der Waals surface area contributed by atoms with Crippen LogP contribution in [0.15, 0.2) is 22.8 Å². The first-order valence-corrected chi connectivity index (χ1v) is 20.2. The van der Waals surface area contributed by atoms with Crippen molar-refractivity contribution in [2.24, 2.45) is 0 Å². The number of piperidine rings is 1. The lowest BCUT2D eigenvalue weighted by Crippen LogP contribution is -2.58. The maximum absolute atomic E-state index is 15.5. The van der Waals surface area contributed by atoms with E-state index < -0.39 is 114 Å². The highest BCUT2D eigenvalue weighted by atomic mass is 28.4. The minimum absolute atomic E-state index is 0.101. The molecule has 1 aromatic carbocycles. The van der Waals surface area contributed by atoms with Crippen molar-refractivity contribution >= 4 is 25.3 Å². The smallest absolute Gasteiger partial charge is 0.436 e. The van der Waals surface area contributed by atoms with Gasteiger partial charge in [0, 0.05) is 18.9 Å². The van der Waals surface area contributed by atoms with Crippen LogP contribution in [0.2, 0.25) is 18.1 Å². The summed E-state index contributed by atoms with van der Waals surface area (Å²) in [6.45, 7) is 18.1. The highest BCUT2D eigenvalue weighted by molar-refractivity contribution is 6.74. The fraction of sp³-hybridized carbons (Fsp3) is 0.686. The summed E-state index contributed by atoms with van der Waals surface area (Å²) in [5, 5.41) is 14.9. The summed E-state index contributed by atoms with van der Waals surface area (Å²) >= 11 is 0. The number of rotatable bonds is 7. The molecule has 3 atom stereocenters. The number of fused-ring (bicyclic) bond motifs is 1. The zero-order valence-corrected chi connectivity index (χ0v) is 32.4. The van der Waals surface area contributed by atoms with Crippen LogP contribution in [-0.2, 0) is 27.1 Å². The standard InChI is InChI=1S/C35H47F7N4O6Si/c1-19-13-33(48,28-43-25(18-50-28)35(40,41)42)16-21(45(19)29(47)51-30(2,3)4)17-49-22-11-23-26(24(12-22)34(37,38)39)46(44-27(23)36)20-14-32(8,15-20)52-53(9,10)31(5,6)7/h11-12,18-21,48H,13-17H2,1-10H3/t19-,20?,21-,32?,33-/m0/s1. The maximum atomic E-state index is 15.5. The Morgan fingerprint density at radius 3 is 2.17 bits per heavy atom. The molecular formula is C35H47F7N4O6Si. The predicted octanol–water partition coefficient (Wildman–Crippen LogP) is 9.37. The van der Waals surface area contributed by atoms with Crippen LogP contribution in [-0.4, -0.2) is 69.1 Å². The quantitative estimate of drug-likeness (QED) is 0.187. The number of hydrogen-bond donors (Lipinski definition) is 1. The number of carbonyl (C=O) groups excluding carboxylic acids is 1. The van der Waals surface area contributed by atoms with Crippen molar-refractivity contribution in [3.8, 4) is 5.75 Å². The minimum Gasteiger partial charge on any atom is -0.491 e. The van der Waals surface area contributed by atoms with Crippen LogP contribution in [0, 0.1) is 5.95 Å². The molecule has 0 radical (unpaired) electrons. The molecule has 3 aromatic rings. The maximum Gasteiger partial charge on any atom is 0.436 e. The summed E-state index contributed by atoms with van der Waals surface area (Å²) in [5.41, 5.74) is -6.75. The van der Waals surface area contributed by atoms with E-state index in [9.17, 15) is 36.2 Å². The molecule has 2 aliphatic rings. The van der Waals surface area contributed by atoms with Gasteiger partial charge in [0.2, 0.25) is 11.8 Å². The lowest BCUT2D eigenvalue weighted by Gasteiger charge is -2.51. The molecule has 1 amide bonds. The Balaban J connectivity index is 1.46. The molecule has 18 heteroatoms. The van der Waals surface area contributed by atoms with Crippen molar-refractivity contribution in [2.75, 3.05) is 6.61 Å². The SMILES string of the molecule is C[C@H]1C[C@@](O)(c2nc(C(F)(F)F)co2)C[C@@H](COc2cc(C(F)(F)F)c3c(c2)c(F)nn3C2CC(C)(O[Si](C)(C)C(C)(C)C)C2)N1C(=O)OC(C)(C)C. The molecule has 1 aliphatic heterocycles. The Morgan fingerprint density at radius 1 is 1.02 bits per heavy atom. The number of nitrogens with zero attached hydrogens (tertiary/aromatic N) is 4. The Bertz CT molecular complexity index is 1840. The van der Waals surface area contributed by atoms with Crippen LogP contribution in [0.3, 0.4) is 0 Å². The zero-order valence-electron chi connectivity index (χ0n) is 31.4. The second-order valence-corrected chi connectivity index (χ2v) is 21.9. The normalized spacial score (nSPS) is 26.2. The second kappa shape index (κ2) is 13.1. The van der Waals surface area contributed by atoms with E-state index in [-0.39, 0.29) is 11.5 Å². The van der Waals surface area contributed by atoms with Crippen LogP contribution in [0.4, 0.5) is 35.5 Å². The lowest BCUT2D eigenvalue weighted by molar-refractivity contribution is -0.141. The molecule has 10 nitrogen and oxygen atoms in total. The first-order chi connectivity index (χ1) is 23.9. The van der Waals surface area contributed by atoms with Crippen LogP contribution in [0.1, 0.15) is 104 Å². The van der Waals surface area contributed by atoms with E-state index in [1.54, 1.807) is 20.8 Å². The Morgan fingerprint density at radius 2 is 1.64 bits per heavy atom. The van der Waals surface area contributed by atoms with Crippen LogP contribution in [0.25, 0.3) is 10.9 Å². The summed E-state index contributed by atoms with van der Waals surface area (Å²) in [6, 6.07) is -0.847. The molecule has 2 aromatic heterocycles. The van der Waals surface area contributed by atoms with Crippen molar-refractivity contribution in [1.29, 1.82) is 0 Å². The van der Waals surface area contributed by atoms with Crippen LogP contribution < -0.4 is 4.74 Å². The molecule has 296 valence electrons. The van der Waals surface area contributed by atoms with E-state index >= 15 is 4.39 Å². The van der Waals surface area contributed by atoms with E-state index in [0.29, 0.717) is 25.2 Å². The van der Waals surface area contributed by atoms with Gasteiger partial charge in [-0.05, 0) is 77.7 Å². The third-order valence-electron chi connectivity index (χ3n) is 10.3. The molecule has 53 heavy (non-hydrogen) atoms. The fourth-order valence-corrected chi connectivity index (χ4v) is 8.73. The Kier molecular flexibility index (Phi) is 10.1. The number of likely N-dealkylation sites (tertiary alicyclic amines) is 1. The van der Waals surface area contributed by atoms with Crippen molar-refractivity contribution in [2.45, 2.75) is 146 Å². The molecule has 1 N–H and O–H groups in total. The van der Waals surface area contributed by atoms with Crippen LogP contribution >= 0.6 is 0 Å². The number of benzene rings is 1. The average molecular weight is 781 g/mol. The van der Waals surface area contributed by atoms with Crippen molar-refractivity contribution in [3.63, 3.8) is 0 Å². The molecule has 1 saturated heterocycles. The van der Waals surface area contributed by atoms with Gasteiger partial charge in [-0.3, -0.25) is 9.58 Å². The first-order valence-electron chi connectivity index (χ1n) is 17.3. The van der Waals surface area contributed by atoms with Crippen molar-refractivity contribution < 1.29 is 59.0 Å².